The molecule has 9 heteroatoms. The average Bonchev–Trinajstić information content (AvgIpc) is 2.53. The molecule has 1 saturated heterocycles. The van der Waals surface area contributed by atoms with Gasteiger partial charge in [-0.1, -0.05) is 0 Å². The van der Waals surface area contributed by atoms with E-state index in [1.807, 2.05) is 0 Å². The highest BCUT2D eigenvalue weighted by Gasteiger charge is 2.20. The highest BCUT2D eigenvalue weighted by Crippen LogP contribution is 1.96. The van der Waals surface area contributed by atoms with Gasteiger partial charge in [-0.2, -0.15) is 0 Å². The Morgan fingerprint density at radius 1 is 1.08 bits per heavy atom. The van der Waals surface area contributed by atoms with Crippen LogP contribution in [0.3, 0.4) is 0 Å². The summed E-state index contributed by atoms with van der Waals surface area (Å²) in [6.07, 6.45) is 0.500. The van der Waals surface area contributed by atoms with Crippen molar-refractivity contribution in [3.05, 3.63) is 0 Å². The number of aliphatic carboxylic acids is 1. The molecule has 0 aliphatic carbocycles. The second-order valence-corrected chi connectivity index (χ2v) is 6.06. The molecule has 1 aliphatic rings. The zero-order valence-corrected chi connectivity index (χ0v) is 14.5. The van der Waals surface area contributed by atoms with E-state index in [-0.39, 0.29) is 0 Å². The lowest BCUT2D eigenvalue weighted by Crippen LogP contribution is -2.49. The van der Waals surface area contributed by atoms with E-state index in [0.717, 1.165) is 52.4 Å². The van der Waals surface area contributed by atoms with E-state index in [0.29, 0.717) is 13.0 Å². The number of rotatable bonds is 6. The normalized spacial score (nSPS) is 21.1. The van der Waals surface area contributed by atoms with Crippen LogP contribution in [0.25, 0.3) is 0 Å². The Hall–Kier alpha value is -1.26. The van der Waals surface area contributed by atoms with Gasteiger partial charge in [-0.05, 0) is 13.3 Å². The molecule has 9 nitrogen and oxygen atoms in total. The molecular formula is C15H32N6O3. The van der Waals surface area contributed by atoms with Crippen LogP contribution >= 0.6 is 0 Å². The maximum absolute atomic E-state index is 11.9. The summed E-state index contributed by atoms with van der Waals surface area (Å²) in [6.45, 7) is 9.46. The molecule has 0 bridgehead atoms. The van der Waals surface area contributed by atoms with E-state index in [1.54, 1.807) is 0 Å². The number of hydrogen-bond donors (Lipinski definition) is 6. The summed E-state index contributed by atoms with van der Waals surface area (Å²) in [4.78, 5) is 24.9. The Labute approximate surface area is 143 Å². The summed E-state index contributed by atoms with van der Waals surface area (Å²) in [7, 11) is 0. The second-order valence-electron chi connectivity index (χ2n) is 6.06. The minimum absolute atomic E-state index is 0.415. The molecule has 0 aromatic rings. The predicted octanol–water partition coefficient (Wildman–Crippen LogP) is -2.62. The zero-order valence-electron chi connectivity index (χ0n) is 14.5. The number of nitrogens with zero attached hydrogens (tertiary/aromatic N) is 1. The van der Waals surface area contributed by atoms with E-state index in [1.165, 1.54) is 6.92 Å². The van der Waals surface area contributed by atoms with Gasteiger partial charge in [0.05, 0.1) is 6.04 Å². The van der Waals surface area contributed by atoms with Crippen LogP contribution in [0.15, 0.2) is 0 Å². The van der Waals surface area contributed by atoms with Crippen molar-refractivity contribution in [2.45, 2.75) is 25.4 Å². The van der Waals surface area contributed by atoms with Gasteiger partial charge in [0.25, 0.3) is 0 Å². The minimum atomic E-state index is -1.06. The fourth-order valence-corrected chi connectivity index (χ4v) is 2.37. The molecule has 1 aliphatic heterocycles. The van der Waals surface area contributed by atoms with Crippen molar-refractivity contribution in [3.63, 3.8) is 0 Å². The average molecular weight is 344 g/mol. The summed E-state index contributed by atoms with van der Waals surface area (Å²) < 4.78 is 0. The molecule has 1 heterocycles. The molecule has 7 N–H and O–H groups in total. The van der Waals surface area contributed by atoms with Crippen LogP contribution in [0, 0.1) is 0 Å². The Kier molecular flexibility index (Phi) is 10.5. The van der Waals surface area contributed by atoms with Gasteiger partial charge in [0.15, 0.2) is 0 Å². The highest BCUT2D eigenvalue weighted by atomic mass is 16.4. The molecular weight excluding hydrogens is 312 g/mol. The van der Waals surface area contributed by atoms with Gasteiger partial charge in [0.2, 0.25) is 5.91 Å². The number of carbonyl (C=O) groups excluding carboxylic acids is 1. The summed E-state index contributed by atoms with van der Waals surface area (Å²) in [6, 6.07) is -1.62. The van der Waals surface area contributed by atoms with Crippen LogP contribution in [-0.2, 0) is 9.59 Å². The molecule has 0 spiro atoms. The van der Waals surface area contributed by atoms with Crippen LogP contribution in [-0.4, -0.2) is 92.9 Å². The number of carboxylic acids is 1. The monoisotopic (exact) mass is 344 g/mol. The number of amides is 1. The number of hydrogen-bond acceptors (Lipinski definition) is 7. The number of carbonyl (C=O) groups is 2. The van der Waals surface area contributed by atoms with Gasteiger partial charge >= 0.3 is 5.97 Å². The SMILES string of the molecule is C[C@H](NC(=O)[C@@H](N)CCN1CCNCCNCCNCC1)C(=O)O. The Morgan fingerprint density at radius 3 is 2.08 bits per heavy atom. The lowest BCUT2D eigenvalue weighted by atomic mass is 10.2. The van der Waals surface area contributed by atoms with Crippen LogP contribution in [0.5, 0.6) is 0 Å². The quantitative estimate of drug-likeness (QED) is 0.309. The van der Waals surface area contributed by atoms with E-state index >= 15 is 0 Å². The van der Waals surface area contributed by atoms with E-state index in [2.05, 4.69) is 26.2 Å². The van der Waals surface area contributed by atoms with E-state index in [9.17, 15) is 9.59 Å². The van der Waals surface area contributed by atoms with Gasteiger partial charge in [0, 0.05) is 58.9 Å². The third kappa shape index (κ3) is 9.14. The molecule has 0 aromatic carbocycles. The topological polar surface area (TPSA) is 132 Å². The van der Waals surface area contributed by atoms with Gasteiger partial charge in [-0.3, -0.25) is 9.59 Å². The van der Waals surface area contributed by atoms with Crippen molar-refractivity contribution in [2.24, 2.45) is 5.73 Å². The van der Waals surface area contributed by atoms with Crippen LogP contribution in [0.2, 0.25) is 0 Å². The van der Waals surface area contributed by atoms with Crippen molar-refractivity contribution in [1.82, 2.24) is 26.2 Å². The second kappa shape index (κ2) is 12.2. The molecule has 0 radical (unpaired) electrons. The van der Waals surface area contributed by atoms with Crippen LogP contribution in [0.1, 0.15) is 13.3 Å². The fraction of sp³-hybridized carbons (Fsp3) is 0.867. The summed E-state index contributed by atoms with van der Waals surface area (Å²) >= 11 is 0. The molecule has 1 rings (SSSR count). The number of nitrogens with two attached hydrogens (primary N) is 1. The van der Waals surface area contributed by atoms with Gasteiger partial charge in [-0.15, -0.1) is 0 Å². The van der Waals surface area contributed by atoms with Crippen molar-refractivity contribution in [3.8, 4) is 0 Å². The van der Waals surface area contributed by atoms with Crippen molar-refractivity contribution in [2.75, 3.05) is 58.9 Å². The van der Waals surface area contributed by atoms with Gasteiger partial charge in [0.1, 0.15) is 6.04 Å². The molecule has 1 amide bonds. The summed E-state index contributed by atoms with van der Waals surface area (Å²) in [5.74, 6) is -1.48. The van der Waals surface area contributed by atoms with Gasteiger partial charge < -0.3 is 37.0 Å². The third-order valence-electron chi connectivity index (χ3n) is 3.99. The maximum Gasteiger partial charge on any atom is 0.325 e. The number of nitrogens with one attached hydrogen (secondary N) is 4. The molecule has 0 unspecified atom stereocenters. The smallest absolute Gasteiger partial charge is 0.325 e. The Morgan fingerprint density at radius 2 is 1.58 bits per heavy atom. The zero-order chi connectivity index (χ0) is 17.8. The van der Waals surface area contributed by atoms with Crippen LogP contribution in [0.4, 0.5) is 0 Å². The first-order valence-electron chi connectivity index (χ1n) is 8.64. The highest BCUT2D eigenvalue weighted by molar-refractivity contribution is 5.86. The van der Waals surface area contributed by atoms with E-state index in [4.69, 9.17) is 10.8 Å². The lowest BCUT2D eigenvalue weighted by molar-refractivity contribution is -0.141. The lowest BCUT2D eigenvalue weighted by Gasteiger charge is -2.25. The summed E-state index contributed by atoms with van der Waals surface area (Å²) in [5, 5.41) is 21.3. The standard InChI is InChI=1S/C15H32N6O3/c1-12(15(23)24)20-14(22)13(16)2-9-21-10-7-18-5-3-17-4-6-19-8-11-21/h12-13,17-19H,2-11,16H2,1H3,(H,20,22)(H,23,24)/t12-,13-/m0/s1. The fourth-order valence-electron chi connectivity index (χ4n) is 2.37. The molecule has 1 fully saturated rings. The van der Waals surface area contributed by atoms with Crippen molar-refractivity contribution < 1.29 is 14.7 Å². The number of carboxylic acid groups (broad SMARTS) is 1. The molecule has 140 valence electrons. The predicted molar refractivity (Wildman–Crippen MR) is 92.9 cm³/mol. The first-order chi connectivity index (χ1) is 11.5. The molecule has 0 aromatic heterocycles. The molecule has 0 saturated carbocycles. The minimum Gasteiger partial charge on any atom is -0.480 e. The molecule has 2 atom stereocenters. The van der Waals surface area contributed by atoms with Gasteiger partial charge in [-0.25, -0.2) is 0 Å². The molecule has 24 heavy (non-hydrogen) atoms. The summed E-state index contributed by atoms with van der Waals surface area (Å²) in [5.41, 5.74) is 5.88. The van der Waals surface area contributed by atoms with Crippen molar-refractivity contribution in [1.29, 1.82) is 0 Å². The van der Waals surface area contributed by atoms with Crippen molar-refractivity contribution >= 4 is 11.9 Å². The largest absolute Gasteiger partial charge is 0.480 e. The first-order valence-corrected chi connectivity index (χ1v) is 8.64. The third-order valence-corrected chi connectivity index (χ3v) is 3.99. The first kappa shape index (κ1) is 20.8. The Bertz CT molecular complexity index is 370. The van der Waals surface area contributed by atoms with E-state index < -0.39 is 24.0 Å². The van der Waals surface area contributed by atoms with Crippen LogP contribution < -0.4 is 27.0 Å². The maximum atomic E-state index is 11.9. The Balaban J connectivity index is 2.34.